The van der Waals surface area contributed by atoms with Crippen LogP contribution >= 0.6 is 0 Å². The highest BCUT2D eigenvalue weighted by molar-refractivity contribution is 6.90. The van der Waals surface area contributed by atoms with Gasteiger partial charge in [-0.3, -0.25) is 0 Å². The van der Waals surface area contributed by atoms with Crippen LogP contribution in [0.15, 0.2) is 0 Å². The van der Waals surface area contributed by atoms with E-state index in [9.17, 15) is 5.11 Å². The molecular formula is C14H39O5Si5. The van der Waals surface area contributed by atoms with E-state index < -0.39 is 42.3 Å². The summed E-state index contributed by atoms with van der Waals surface area (Å²) in [6.45, 7) is 23.4. The summed E-state index contributed by atoms with van der Waals surface area (Å²) in [4.78, 5) is 0. The minimum atomic E-state index is -2.35. The first-order chi connectivity index (χ1) is 10.4. The lowest BCUT2D eigenvalue weighted by Crippen LogP contribution is -2.58. The van der Waals surface area contributed by atoms with E-state index >= 15 is 0 Å². The summed E-state index contributed by atoms with van der Waals surface area (Å²) >= 11 is 0. The molecule has 0 aliphatic carbocycles. The maximum absolute atomic E-state index is 10.8. The maximum atomic E-state index is 10.8. The van der Waals surface area contributed by atoms with Gasteiger partial charge in [-0.1, -0.05) is 0 Å². The van der Waals surface area contributed by atoms with E-state index in [0.29, 0.717) is 6.42 Å². The highest BCUT2D eigenvalue weighted by atomic mass is 28.5. The fourth-order valence-electron chi connectivity index (χ4n) is 3.20. The molecule has 0 N–H and O–H groups in total. The van der Waals surface area contributed by atoms with Gasteiger partial charge < -0.3 is 16.5 Å². The zero-order chi connectivity index (χ0) is 19.4. The third-order valence-electron chi connectivity index (χ3n) is 2.98. The van der Waals surface area contributed by atoms with Crippen molar-refractivity contribution in [2.45, 2.75) is 84.5 Å². The quantitative estimate of drug-likeness (QED) is 0.434. The Hall–Kier alpha value is 0.884. The van der Waals surface area contributed by atoms with E-state index in [0.717, 1.165) is 6.04 Å². The summed E-state index contributed by atoms with van der Waals surface area (Å²) in [5.41, 5.74) is 0. The molecule has 0 saturated carbocycles. The Morgan fingerprint density at radius 3 is 1.33 bits per heavy atom. The van der Waals surface area contributed by atoms with Crippen LogP contribution in [0.3, 0.4) is 0 Å². The fraction of sp³-hybridized carbons (Fsp3) is 1.00. The smallest absolute Gasteiger partial charge is 0.314 e. The predicted octanol–water partition coefficient (Wildman–Crippen LogP) is 5.02. The van der Waals surface area contributed by atoms with Gasteiger partial charge in [0.15, 0.2) is 16.6 Å². The first-order valence-corrected chi connectivity index (χ1v) is 23.7. The summed E-state index contributed by atoms with van der Waals surface area (Å²) in [5, 5.41) is 10.8. The summed E-state index contributed by atoms with van der Waals surface area (Å²) in [6, 6.07) is 0.887. The lowest BCUT2D eigenvalue weighted by atomic mass is 10.5. The molecule has 0 aromatic heterocycles. The van der Waals surface area contributed by atoms with Gasteiger partial charge >= 0.3 is 25.7 Å². The molecule has 0 aromatic rings. The Morgan fingerprint density at radius 2 is 0.958 bits per heavy atom. The summed E-state index contributed by atoms with van der Waals surface area (Å²) in [7, 11) is -10.4. The van der Waals surface area contributed by atoms with E-state index in [-0.39, 0.29) is 6.61 Å². The van der Waals surface area contributed by atoms with Crippen LogP contribution < -0.4 is 0 Å². The Bertz CT molecular complexity index is 394. The third kappa shape index (κ3) is 12.3. The second-order valence-corrected chi connectivity index (χ2v) is 29.2. The van der Waals surface area contributed by atoms with Crippen LogP contribution in [0.1, 0.15) is 6.42 Å². The van der Waals surface area contributed by atoms with Crippen LogP contribution in [0.2, 0.25) is 78.1 Å². The van der Waals surface area contributed by atoms with Gasteiger partial charge in [0.25, 0.3) is 0 Å². The van der Waals surface area contributed by atoms with Crippen LogP contribution in [0, 0.1) is 0 Å². The highest BCUT2D eigenvalue weighted by Crippen LogP contribution is 2.27. The van der Waals surface area contributed by atoms with Crippen LogP contribution in [0.5, 0.6) is 0 Å². The molecule has 0 bridgehead atoms. The molecule has 0 aliphatic rings. The zero-order valence-electron chi connectivity index (χ0n) is 17.7. The van der Waals surface area contributed by atoms with Crippen LogP contribution in [0.4, 0.5) is 0 Å². The largest absolute Gasteiger partial charge is 0.437 e. The SMILES string of the molecule is C[Si](C)(C)O[Si](C)(C)O[Si](C)(C)O[Si](C)(C)O[Si](C)(C)CCC[O]. The number of rotatable bonds is 11. The summed E-state index contributed by atoms with van der Waals surface area (Å²) in [5.74, 6) is 0. The van der Waals surface area contributed by atoms with Crippen LogP contribution in [-0.4, -0.2) is 48.9 Å². The molecule has 10 heteroatoms. The molecule has 0 saturated heterocycles. The molecule has 0 unspecified atom stereocenters. The molecular weight excluding hydrogens is 389 g/mol. The van der Waals surface area contributed by atoms with Gasteiger partial charge in [-0.25, -0.2) is 5.11 Å². The molecule has 24 heavy (non-hydrogen) atoms. The second-order valence-electron chi connectivity index (χ2n) is 9.29. The van der Waals surface area contributed by atoms with E-state index in [1.54, 1.807) is 0 Å². The highest BCUT2D eigenvalue weighted by Gasteiger charge is 2.44. The first-order valence-electron chi connectivity index (χ1n) is 8.78. The van der Waals surface area contributed by atoms with Crippen molar-refractivity contribution in [1.29, 1.82) is 0 Å². The molecule has 0 amide bonds. The van der Waals surface area contributed by atoms with E-state index in [1.807, 2.05) is 0 Å². The monoisotopic (exact) mass is 427 g/mol. The van der Waals surface area contributed by atoms with Crippen molar-refractivity contribution >= 4 is 42.3 Å². The van der Waals surface area contributed by atoms with Gasteiger partial charge in [0.1, 0.15) is 0 Å². The van der Waals surface area contributed by atoms with Gasteiger partial charge in [-0.2, -0.15) is 0 Å². The number of hydrogen-bond acceptors (Lipinski definition) is 4. The topological polar surface area (TPSA) is 56.8 Å². The molecule has 0 atom stereocenters. The van der Waals surface area contributed by atoms with E-state index in [4.69, 9.17) is 16.5 Å². The first kappa shape index (κ1) is 24.9. The lowest BCUT2D eigenvalue weighted by molar-refractivity contribution is 0.192. The zero-order valence-corrected chi connectivity index (χ0v) is 22.7. The summed E-state index contributed by atoms with van der Waals surface area (Å²) in [6.07, 6.45) is 0.686. The molecule has 5 nitrogen and oxygen atoms in total. The van der Waals surface area contributed by atoms with Crippen LogP contribution in [0.25, 0.3) is 0 Å². The molecule has 0 heterocycles. The van der Waals surface area contributed by atoms with Crippen molar-refractivity contribution in [3.8, 4) is 0 Å². The second kappa shape index (κ2) is 8.72. The van der Waals surface area contributed by atoms with Crippen molar-refractivity contribution in [2.75, 3.05) is 6.61 Å². The molecule has 1 radical (unpaired) electrons. The minimum Gasteiger partial charge on any atom is -0.437 e. The van der Waals surface area contributed by atoms with Gasteiger partial charge in [-0.05, 0) is 84.5 Å². The molecule has 145 valence electrons. The van der Waals surface area contributed by atoms with Gasteiger partial charge in [0.2, 0.25) is 0 Å². The van der Waals surface area contributed by atoms with E-state index in [2.05, 4.69) is 72.0 Å². The fourth-order valence-corrected chi connectivity index (χ4v) is 26.9. The Labute approximate surface area is 155 Å². The average molecular weight is 428 g/mol. The number of hydrogen-bond donors (Lipinski definition) is 0. The minimum absolute atomic E-state index is 0.0280. The van der Waals surface area contributed by atoms with Gasteiger partial charge in [0, 0.05) is 0 Å². The van der Waals surface area contributed by atoms with Crippen molar-refractivity contribution in [1.82, 2.24) is 0 Å². The molecule has 0 fully saturated rings. The third-order valence-corrected chi connectivity index (χ3v) is 21.0. The van der Waals surface area contributed by atoms with Gasteiger partial charge in [-0.15, -0.1) is 0 Å². The summed E-state index contributed by atoms with van der Waals surface area (Å²) < 4.78 is 25.6. The predicted molar refractivity (Wildman–Crippen MR) is 113 cm³/mol. The normalized spacial score (nSPS) is 15.0. The Kier molecular flexibility index (Phi) is 9.04. The molecule has 0 aliphatic heterocycles. The van der Waals surface area contributed by atoms with Gasteiger partial charge in [0.05, 0.1) is 6.61 Å². The van der Waals surface area contributed by atoms with E-state index in [1.165, 1.54) is 0 Å². The average Bonchev–Trinajstić information content (AvgIpc) is 2.16. The Balaban J connectivity index is 4.87. The Morgan fingerprint density at radius 1 is 0.583 bits per heavy atom. The maximum Gasteiger partial charge on any atom is 0.314 e. The molecule has 0 aromatic carbocycles. The van der Waals surface area contributed by atoms with Crippen molar-refractivity contribution < 1.29 is 21.6 Å². The van der Waals surface area contributed by atoms with Crippen molar-refractivity contribution in [3.63, 3.8) is 0 Å². The molecule has 0 spiro atoms. The van der Waals surface area contributed by atoms with Crippen molar-refractivity contribution in [2.24, 2.45) is 0 Å². The van der Waals surface area contributed by atoms with Crippen LogP contribution in [-0.2, 0) is 21.6 Å². The molecule has 0 rings (SSSR count). The van der Waals surface area contributed by atoms with Crippen molar-refractivity contribution in [3.05, 3.63) is 0 Å². The standard InChI is InChI=1S/C14H39O5Si5/c1-20(2,3)16-22(6,7)18-24(10,11)19-23(8,9)17-21(4,5)14-12-13-15/h12-14H2,1-11H3. The lowest BCUT2D eigenvalue weighted by Gasteiger charge is -2.42.